The van der Waals surface area contributed by atoms with Crippen LogP contribution in [0.3, 0.4) is 0 Å². The van der Waals surface area contributed by atoms with E-state index in [9.17, 15) is 4.39 Å². The van der Waals surface area contributed by atoms with Crippen LogP contribution in [0.1, 0.15) is 11.1 Å². The molecule has 2 aromatic rings. The first-order valence-electron chi connectivity index (χ1n) is 5.42. The highest BCUT2D eigenvalue weighted by Crippen LogP contribution is 2.28. The molecule has 18 heavy (non-hydrogen) atoms. The van der Waals surface area contributed by atoms with Gasteiger partial charge in [-0.3, -0.25) is 0 Å². The van der Waals surface area contributed by atoms with Gasteiger partial charge >= 0.3 is 0 Å². The lowest BCUT2D eigenvalue weighted by atomic mass is 10.1. The molecule has 0 saturated heterocycles. The first kappa shape index (κ1) is 13.5. The van der Waals surface area contributed by atoms with Gasteiger partial charge in [-0.15, -0.1) is 11.8 Å². The molecule has 0 bridgehead atoms. The number of hydrogen-bond acceptors (Lipinski definition) is 3. The number of pyridine rings is 1. The standard InChI is InChI=1S/C13H12BrFN2S/c14-11-5-2-6-17-13(11)18-8-10-4-1-3-9(7-16)12(10)15/h1-6H,7-8,16H2. The zero-order chi connectivity index (χ0) is 13.0. The molecule has 1 aromatic carbocycles. The van der Waals surface area contributed by atoms with Gasteiger partial charge in [0.15, 0.2) is 0 Å². The van der Waals surface area contributed by atoms with E-state index in [0.29, 0.717) is 16.9 Å². The maximum atomic E-state index is 14.0. The molecular weight excluding hydrogens is 315 g/mol. The average molecular weight is 327 g/mol. The van der Waals surface area contributed by atoms with E-state index in [0.717, 1.165) is 9.50 Å². The summed E-state index contributed by atoms with van der Waals surface area (Å²) in [4.78, 5) is 4.23. The van der Waals surface area contributed by atoms with Gasteiger partial charge in [-0.2, -0.15) is 0 Å². The first-order valence-corrected chi connectivity index (χ1v) is 7.20. The minimum Gasteiger partial charge on any atom is -0.326 e. The van der Waals surface area contributed by atoms with Crippen molar-refractivity contribution < 1.29 is 4.39 Å². The topological polar surface area (TPSA) is 38.9 Å². The van der Waals surface area contributed by atoms with E-state index in [4.69, 9.17) is 5.73 Å². The lowest BCUT2D eigenvalue weighted by Crippen LogP contribution is -2.02. The number of nitrogens with zero attached hydrogens (tertiary/aromatic N) is 1. The van der Waals surface area contributed by atoms with E-state index in [1.807, 2.05) is 18.2 Å². The number of halogens is 2. The van der Waals surface area contributed by atoms with Crippen LogP contribution in [0.2, 0.25) is 0 Å². The largest absolute Gasteiger partial charge is 0.326 e. The highest BCUT2D eigenvalue weighted by molar-refractivity contribution is 9.10. The molecule has 94 valence electrons. The number of aromatic nitrogens is 1. The smallest absolute Gasteiger partial charge is 0.131 e. The third kappa shape index (κ3) is 3.10. The number of thioether (sulfide) groups is 1. The number of nitrogens with two attached hydrogens (primary N) is 1. The Morgan fingerprint density at radius 1 is 1.22 bits per heavy atom. The Labute approximate surface area is 118 Å². The monoisotopic (exact) mass is 326 g/mol. The summed E-state index contributed by atoms with van der Waals surface area (Å²) in [5, 5.41) is 0.857. The number of rotatable bonds is 4. The molecule has 0 aliphatic carbocycles. The van der Waals surface area contributed by atoms with E-state index in [-0.39, 0.29) is 12.4 Å². The van der Waals surface area contributed by atoms with E-state index >= 15 is 0 Å². The molecule has 1 heterocycles. The highest BCUT2D eigenvalue weighted by Gasteiger charge is 2.08. The van der Waals surface area contributed by atoms with Gasteiger partial charge in [0, 0.05) is 28.5 Å². The fraction of sp³-hybridized carbons (Fsp3) is 0.154. The molecule has 0 saturated carbocycles. The van der Waals surface area contributed by atoms with Gasteiger partial charge < -0.3 is 5.73 Å². The number of benzene rings is 1. The van der Waals surface area contributed by atoms with Crippen LogP contribution in [0.5, 0.6) is 0 Å². The molecule has 2 nitrogen and oxygen atoms in total. The Kier molecular flexibility index (Phi) is 4.74. The van der Waals surface area contributed by atoms with Crippen LogP contribution in [-0.2, 0) is 12.3 Å². The minimum atomic E-state index is -0.209. The van der Waals surface area contributed by atoms with Crippen LogP contribution in [-0.4, -0.2) is 4.98 Å². The van der Waals surface area contributed by atoms with Crippen LogP contribution in [0.4, 0.5) is 4.39 Å². The molecule has 5 heteroatoms. The van der Waals surface area contributed by atoms with Crippen LogP contribution < -0.4 is 5.73 Å². The van der Waals surface area contributed by atoms with E-state index in [2.05, 4.69) is 20.9 Å². The van der Waals surface area contributed by atoms with Gasteiger partial charge in [-0.1, -0.05) is 18.2 Å². The SMILES string of the molecule is NCc1cccc(CSc2ncccc2Br)c1F. The summed E-state index contributed by atoms with van der Waals surface area (Å²) < 4.78 is 14.9. The lowest BCUT2D eigenvalue weighted by Gasteiger charge is -2.07. The molecular formula is C13H12BrFN2S. The Bertz CT molecular complexity index is 548. The fourth-order valence-electron chi connectivity index (χ4n) is 1.53. The Morgan fingerprint density at radius 3 is 2.72 bits per heavy atom. The predicted molar refractivity (Wildman–Crippen MR) is 75.8 cm³/mol. The van der Waals surface area contributed by atoms with Gasteiger partial charge in [0.05, 0.1) is 0 Å². The summed E-state index contributed by atoms with van der Waals surface area (Å²) in [5.74, 6) is 0.328. The quantitative estimate of drug-likeness (QED) is 0.870. The second-order valence-corrected chi connectivity index (χ2v) is 5.49. The van der Waals surface area contributed by atoms with Gasteiger partial charge in [-0.25, -0.2) is 9.37 Å². The maximum Gasteiger partial charge on any atom is 0.131 e. The van der Waals surface area contributed by atoms with Crippen LogP contribution >= 0.6 is 27.7 Å². The molecule has 0 spiro atoms. The number of hydrogen-bond donors (Lipinski definition) is 1. The molecule has 0 unspecified atom stereocenters. The maximum absolute atomic E-state index is 14.0. The fourth-order valence-corrected chi connectivity index (χ4v) is 2.98. The molecule has 2 N–H and O–H groups in total. The minimum absolute atomic E-state index is 0.209. The van der Waals surface area contributed by atoms with E-state index in [1.54, 1.807) is 18.3 Å². The van der Waals surface area contributed by atoms with E-state index in [1.165, 1.54) is 11.8 Å². The molecule has 1 aromatic heterocycles. The molecule has 0 aliphatic rings. The first-order chi connectivity index (χ1) is 8.72. The van der Waals surface area contributed by atoms with Crippen molar-refractivity contribution >= 4 is 27.7 Å². The second-order valence-electron chi connectivity index (χ2n) is 3.67. The van der Waals surface area contributed by atoms with Crippen molar-refractivity contribution in [2.75, 3.05) is 0 Å². The third-order valence-electron chi connectivity index (χ3n) is 2.47. The van der Waals surface area contributed by atoms with Gasteiger partial charge in [0.2, 0.25) is 0 Å². The van der Waals surface area contributed by atoms with Crippen molar-refractivity contribution in [3.63, 3.8) is 0 Å². The summed E-state index contributed by atoms with van der Waals surface area (Å²) in [7, 11) is 0. The van der Waals surface area contributed by atoms with Crippen molar-refractivity contribution in [1.29, 1.82) is 0 Å². The van der Waals surface area contributed by atoms with Crippen molar-refractivity contribution in [3.8, 4) is 0 Å². The summed E-state index contributed by atoms with van der Waals surface area (Å²) >= 11 is 4.91. The Hall–Kier alpha value is -0.910. The van der Waals surface area contributed by atoms with Crippen molar-refractivity contribution in [1.82, 2.24) is 4.98 Å². The molecule has 2 rings (SSSR count). The predicted octanol–water partition coefficient (Wildman–Crippen LogP) is 3.73. The normalized spacial score (nSPS) is 10.6. The van der Waals surface area contributed by atoms with Gasteiger partial charge in [-0.05, 0) is 33.6 Å². The van der Waals surface area contributed by atoms with Gasteiger partial charge in [0.25, 0.3) is 0 Å². The van der Waals surface area contributed by atoms with Crippen molar-refractivity contribution in [2.45, 2.75) is 17.3 Å². The molecule has 0 radical (unpaired) electrons. The zero-order valence-corrected chi connectivity index (χ0v) is 12.0. The second kappa shape index (κ2) is 6.31. The molecule has 0 aliphatic heterocycles. The highest BCUT2D eigenvalue weighted by atomic mass is 79.9. The molecule has 0 atom stereocenters. The van der Waals surface area contributed by atoms with Crippen molar-refractivity contribution in [2.24, 2.45) is 5.73 Å². The molecule has 0 amide bonds. The Morgan fingerprint density at radius 2 is 2.00 bits per heavy atom. The van der Waals surface area contributed by atoms with Crippen LogP contribution in [0, 0.1) is 5.82 Å². The summed E-state index contributed by atoms with van der Waals surface area (Å²) in [6, 6.07) is 9.08. The third-order valence-corrected chi connectivity index (χ3v) is 4.42. The zero-order valence-electron chi connectivity index (χ0n) is 9.57. The lowest BCUT2D eigenvalue weighted by molar-refractivity contribution is 0.600. The van der Waals surface area contributed by atoms with Crippen LogP contribution in [0.15, 0.2) is 46.0 Å². The summed E-state index contributed by atoms with van der Waals surface area (Å²) in [6.45, 7) is 0.220. The van der Waals surface area contributed by atoms with Crippen LogP contribution in [0.25, 0.3) is 0 Å². The Balaban J connectivity index is 2.14. The summed E-state index contributed by atoms with van der Waals surface area (Å²) in [6.07, 6.45) is 1.72. The molecule has 0 fully saturated rings. The van der Waals surface area contributed by atoms with Gasteiger partial charge in [0.1, 0.15) is 10.8 Å². The van der Waals surface area contributed by atoms with Crippen molar-refractivity contribution in [3.05, 3.63) is 57.9 Å². The summed E-state index contributed by atoms with van der Waals surface area (Å²) in [5.41, 5.74) is 6.69. The van der Waals surface area contributed by atoms with E-state index < -0.39 is 0 Å². The average Bonchev–Trinajstić information content (AvgIpc) is 2.39.